The molecule has 0 aliphatic rings. The second-order valence-corrected chi connectivity index (χ2v) is 4.12. The van der Waals surface area contributed by atoms with Gasteiger partial charge in [0.25, 0.3) is 0 Å². The first-order valence-corrected chi connectivity index (χ1v) is 6.35. The van der Waals surface area contributed by atoms with Gasteiger partial charge in [-0.25, -0.2) is 0 Å². The molecule has 1 rings (SSSR count). The van der Waals surface area contributed by atoms with Gasteiger partial charge in [0, 0.05) is 20.2 Å². The molecule has 0 fully saturated rings. The van der Waals surface area contributed by atoms with Gasteiger partial charge in [0.2, 0.25) is 5.91 Å². The number of ether oxygens (including phenoxy) is 2. The molecule has 0 unspecified atom stereocenters. The van der Waals surface area contributed by atoms with E-state index in [9.17, 15) is 4.79 Å². The highest BCUT2D eigenvalue weighted by molar-refractivity contribution is 5.77. The van der Waals surface area contributed by atoms with Gasteiger partial charge in [-0.15, -0.1) is 0 Å². The molecule has 0 saturated carbocycles. The van der Waals surface area contributed by atoms with Crippen molar-refractivity contribution in [1.29, 1.82) is 0 Å². The lowest BCUT2D eigenvalue weighted by molar-refractivity contribution is -0.120. The van der Waals surface area contributed by atoms with Gasteiger partial charge in [0.1, 0.15) is 5.75 Å². The van der Waals surface area contributed by atoms with E-state index in [1.807, 2.05) is 24.3 Å². The molecule has 106 valence electrons. The minimum atomic E-state index is -0.000927. The number of carbonyl (C=O) groups excluding carboxylic acids is 1. The topological polar surface area (TPSA) is 59.6 Å². The van der Waals surface area contributed by atoms with Crippen molar-refractivity contribution in [2.75, 3.05) is 40.5 Å². The monoisotopic (exact) mass is 266 g/mol. The molecule has 1 amide bonds. The highest BCUT2D eigenvalue weighted by atomic mass is 16.5. The zero-order valence-corrected chi connectivity index (χ0v) is 11.6. The van der Waals surface area contributed by atoms with E-state index in [4.69, 9.17) is 9.47 Å². The molecule has 0 radical (unpaired) electrons. The van der Waals surface area contributed by atoms with Crippen LogP contribution < -0.4 is 15.4 Å². The Kier molecular flexibility index (Phi) is 7.62. The van der Waals surface area contributed by atoms with Crippen molar-refractivity contribution in [3.8, 4) is 5.75 Å². The Morgan fingerprint density at radius 3 is 2.84 bits per heavy atom. The Bertz CT molecular complexity index is 383. The lowest BCUT2D eigenvalue weighted by Gasteiger charge is -2.07. The van der Waals surface area contributed by atoms with E-state index in [2.05, 4.69) is 10.6 Å². The summed E-state index contributed by atoms with van der Waals surface area (Å²) < 4.78 is 10.0. The minimum absolute atomic E-state index is 0.000927. The summed E-state index contributed by atoms with van der Waals surface area (Å²) in [5.41, 5.74) is 1.15. The number of carbonyl (C=O) groups is 1. The van der Waals surface area contributed by atoms with Crippen LogP contribution in [-0.4, -0.2) is 46.4 Å². The lowest BCUT2D eigenvalue weighted by Crippen LogP contribution is -2.36. The summed E-state index contributed by atoms with van der Waals surface area (Å²) in [6.45, 7) is 2.23. The molecule has 5 heteroatoms. The molecule has 0 bridgehead atoms. The van der Waals surface area contributed by atoms with Gasteiger partial charge in [-0.1, -0.05) is 12.1 Å². The molecule has 0 heterocycles. The standard InChI is InChI=1S/C14H22N2O3/c1-18-9-8-15-11-14(17)16-7-6-12-4-3-5-13(10-12)19-2/h3-5,10,15H,6-9,11H2,1-2H3,(H,16,17). The smallest absolute Gasteiger partial charge is 0.233 e. The van der Waals surface area contributed by atoms with E-state index in [-0.39, 0.29) is 5.91 Å². The molecular formula is C14H22N2O3. The number of hydrogen-bond donors (Lipinski definition) is 2. The number of benzene rings is 1. The SMILES string of the molecule is COCCNCC(=O)NCCc1cccc(OC)c1. The summed E-state index contributed by atoms with van der Waals surface area (Å²) in [7, 11) is 3.28. The molecule has 0 aliphatic carbocycles. The zero-order valence-electron chi connectivity index (χ0n) is 11.6. The van der Waals surface area contributed by atoms with Crippen LogP contribution in [0, 0.1) is 0 Å². The van der Waals surface area contributed by atoms with E-state index in [0.717, 1.165) is 17.7 Å². The molecule has 0 spiro atoms. The van der Waals surface area contributed by atoms with Crippen molar-refractivity contribution < 1.29 is 14.3 Å². The average Bonchev–Trinajstić information content (AvgIpc) is 2.44. The van der Waals surface area contributed by atoms with Crippen LogP contribution in [0.5, 0.6) is 5.75 Å². The quantitative estimate of drug-likeness (QED) is 0.642. The third-order valence-corrected chi connectivity index (χ3v) is 2.64. The highest BCUT2D eigenvalue weighted by Crippen LogP contribution is 2.12. The predicted octanol–water partition coefficient (Wildman–Crippen LogP) is 0.590. The maximum Gasteiger partial charge on any atom is 0.233 e. The Balaban J connectivity index is 2.16. The van der Waals surface area contributed by atoms with E-state index in [0.29, 0.717) is 26.2 Å². The first-order valence-electron chi connectivity index (χ1n) is 6.35. The maximum atomic E-state index is 11.5. The summed E-state index contributed by atoms with van der Waals surface area (Å²) in [4.78, 5) is 11.5. The van der Waals surface area contributed by atoms with E-state index in [1.165, 1.54) is 0 Å². The summed E-state index contributed by atoms with van der Waals surface area (Å²) in [5, 5.41) is 5.86. The first kappa shape index (κ1) is 15.5. The van der Waals surface area contributed by atoms with Crippen LogP contribution in [0.25, 0.3) is 0 Å². The molecule has 19 heavy (non-hydrogen) atoms. The van der Waals surface area contributed by atoms with Gasteiger partial charge < -0.3 is 20.1 Å². The molecule has 0 saturated heterocycles. The van der Waals surface area contributed by atoms with Crippen molar-refractivity contribution >= 4 is 5.91 Å². The van der Waals surface area contributed by atoms with Crippen molar-refractivity contribution in [1.82, 2.24) is 10.6 Å². The number of rotatable bonds is 9. The molecule has 0 aromatic heterocycles. The zero-order chi connectivity index (χ0) is 13.9. The van der Waals surface area contributed by atoms with Crippen LogP contribution in [0.2, 0.25) is 0 Å². The molecule has 1 aromatic carbocycles. The Morgan fingerprint density at radius 2 is 2.11 bits per heavy atom. The molecule has 0 aliphatic heterocycles. The van der Waals surface area contributed by atoms with Crippen LogP contribution in [-0.2, 0) is 16.0 Å². The Morgan fingerprint density at radius 1 is 1.26 bits per heavy atom. The third kappa shape index (κ3) is 6.79. The summed E-state index contributed by atoms with van der Waals surface area (Å²) >= 11 is 0. The fourth-order valence-electron chi connectivity index (χ4n) is 1.61. The van der Waals surface area contributed by atoms with E-state index in [1.54, 1.807) is 14.2 Å². The van der Waals surface area contributed by atoms with Crippen molar-refractivity contribution in [3.05, 3.63) is 29.8 Å². The fraction of sp³-hybridized carbons (Fsp3) is 0.500. The number of nitrogens with one attached hydrogen (secondary N) is 2. The first-order chi connectivity index (χ1) is 9.26. The van der Waals surface area contributed by atoms with Gasteiger partial charge in [-0.2, -0.15) is 0 Å². The maximum absolute atomic E-state index is 11.5. The van der Waals surface area contributed by atoms with E-state index >= 15 is 0 Å². The number of methoxy groups -OCH3 is 2. The fourth-order valence-corrected chi connectivity index (χ4v) is 1.61. The second-order valence-electron chi connectivity index (χ2n) is 4.12. The van der Waals surface area contributed by atoms with Crippen molar-refractivity contribution in [2.45, 2.75) is 6.42 Å². The van der Waals surface area contributed by atoms with Gasteiger partial charge >= 0.3 is 0 Å². The normalized spacial score (nSPS) is 10.2. The second kappa shape index (κ2) is 9.35. The third-order valence-electron chi connectivity index (χ3n) is 2.64. The van der Waals surface area contributed by atoms with Gasteiger partial charge in [-0.3, -0.25) is 4.79 Å². The molecule has 1 aromatic rings. The van der Waals surface area contributed by atoms with E-state index < -0.39 is 0 Å². The molecule has 0 atom stereocenters. The Labute approximate surface area is 114 Å². The van der Waals surface area contributed by atoms with Gasteiger partial charge in [0.15, 0.2) is 0 Å². The van der Waals surface area contributed by atoms with Gasteiger partial charge in [-0.05, 0) is 24.1 Å². The van der Waals surface area contributed by atoms with Crippen molar-refractivity contribution in [3.63, 3.8) is 0 Å². The van der Waals surface area contributed by atoms with Crippen molar-refractivity contribution in [2.24, 2.45) is 0 Å². The molecule has 2 N–H and O–H groups in total. The molecular weight excluding hydrogens is 244 g/mol. The van der Waals surface area contributed by atoms with Crippen LogP contribution >= 0.6 is 0 Å². The number of hydrogen-bond acceptors (Lipinski definition) is 4. The lowest BCUT2D eigenvalue weighted by atomic mass is 10.1. The van der Waals surface area contributed by atoms with Crippen LogP contribution in [0.1, 0.15) is 5.56 Å². The largest absolute Gasteiger partial charge is 0.497 e. The summed E-state index contributed by atoms with van der Waals surface area (Å²) in [6.07, 6.45) is 0.793. The highest BCUT2D eigenvalue weighted by Gasteiger charge is 2.00. The molecule has 5 nitrogen and oxygen atoms in total. The number of amides is 1. The van der Waals surface area contributed by atoms with Gasteiger partial charge in [0.05, 0.1) is 20.3 Å². The average molecular weight is 266 g/mol. The minimum Gasteiger partial charge on any atom is -0.497 e. The predicted molar refractivity (Wildman–Crippen MR) is 74.5 cm³/mol. The van der Waals surface area contributed by atoms with Crippen LogP contribution in [0.4, 0.5) is 0 Å². The summed E-state index contributed by atoms with van der Waals surface area (Å²) in [5.74, 6) is 0.837. The van der Waals surface area contributed by atoms with Crippen LogP contribution in [0.15, 0.2) is 24.3 Å². The summed E-state index contributed by atoms with van der Waals surface area (Å²) in [6, 6.07) is 7.85. The van der Waals surface area contributed by atoms with Crippen LogP contribution in [0.3, 0.4) is 0 Å². The Hall–Kier alpha value is -1.59.